The zero-order valence-corrected chi connectivity index (χ0v) is 22.3. The molecule has 4 aromatic rings. The highest BCUT2D eigenvalue weighted by Gasteiger charge is 2.20. The maximum Gasteiger partial charge on any atom is 0.338 e. The van der Waals surface area contributed by atoms with Gasteiger partial charge < -0.3 is 14.8 Å². The number of amides is 1. The largest absolute Gasteiger partial charge is 0.456 e. The van der Waals surface area contributed by atoms with Gasteiger partial charge in [0.05, 0.1) is 16.6 Å². The van der Waals surface area contributed by atoms with Crippen molar-refractivity contribution in [3.8, 4) is 22.8 Å². The van der Waals surface area contributed by atoms with Crippen LogP contribution in [-0.4, -0.2) is 27.4 Å². The molecule has 1 atom stereocenters. The van der Waals surface area contributed by atoms with E-state index in [1.54, 1.807) is 36.7 Å². The lowest BCUT2D eigenvalue weighted by atomic mass is 10.1. The Morgan fingerprint density at radius 1 is 0.921 bits per heavy atom. The van der Waals surface area contributed by atoms with Gasteiger partial charge in [0.1, 0.15) is 16.9 Å². The van der Waals surface area contributed by atoms with Crippen molar-refractivity contribution in [1.29, 1.82) is 0 Å². The number of hydrogen-bond donors (Lipinski definition) is 1. The summed E-state index contributed by atoms with van der Waals surface area (Å²) < 4.78 is 11.4. The molecule has 1 N–H and O–H groups in total. The van der Waals surface area contributed by atoms with Gasteiger partial charge in [-0.15, -0.1) is 0 Å². The minimum atomic E-state index is -0.580. The van der Waals surface area contributed by atoms with Gasteiger partial charge in [-0.1, -0.05) is 35.9 Å². The second kappa shape index (κ2) is 11.4. The van der Waals surface area contributed by atoms with Gasteiger partial charge in [-0.3, -0.25) is 9.78 Å². The summed E-state index contributed by atoms with van der Waals surface area (Å²) in [6.45, 7) is 7.29. The summed E-state index contributed by atoms with van der Waals surface area (Å²) >= 11 is 6.15. The van der Waals surface area contributed by atoms with Gasteiger partial charge in [-0.25, -0.2) is 9.78 Å². The van der Waals surface area contributed by atoms with Gasteiger partial charge in [-0.05, 0) is 86.8 Å². The van der Waals surface area contributed by atoms with Gasteiger partial charge in [0, 0.05) is 18.6 Å². The van der Waals surface area contributed by atoms with Crippen molar-refractivity contribution in [2.24, 2.45) is 0 Å². The Labute approximate surface area is 226 Å². The maximum absolute atomic E-state index is 13.2. The molecule has 38 heavy (non-hydrogen) atoms. The van der Waals surface area contributed by atoms with Crippen LogP contribution in [0.2, 0.25) is 5.02 Å². The van der Waals surface area contributed by atoms with Crippen LogP contribution in [0.25, 0.3) is 11.1 Å². The summed E-state index contributed by atoms with van der Waals surface area (Å²) in [5.74, 6) is -0.137. The lowest BCUT2D eigenvalue weighted by Gasteiger charge is -2.20. The zero-order valence-electron chi connectivity index (χ0n) is 21.6. The number of nitrogens with one attached hydrogen (secondary N) is 1. The molecular formula is C30H28ClN3O4. The number of hydrogen-bond acceptors (Lipinski definition) is 6. The monoisotopic (exact) mass is 529 g/mol. The Bertz CT molecular complexity index is 1420. The fraction of sp³-hybridized carbons (Fsp3) is 0.200. The number of rotatable bonds is 7. The Morgan fingerprint density at radius 2 is 1.55 bits per heavy atom. The summed E-state index contributed by atoms with van der Waals surface area (Å²) in [6, 6.07) is 19.4. The molecule has 0 aliphatic rings. The van der Waals surface area contributed by atoms with E-state index < -0.39 is 17.5 Å². The van der Waals surface area contributed by atoms with Gasteiger partial charge in [0.2, 0.25) is 5.88 Å². The van der Waals surface area contributed by atoms with Crippen molar-refractivity contribution < 1.29 is 19.1 Å². The first-order chi connectivity index (χ1) is 18.1. The summed E-state index contributed by atoms with van der Waals surface area (Å²) in [6.07, 6.45) is 4.90. The minimum absolute atomic E-state index is 0.135. The molecule has 0 bridgehead atoms. The molecule has 2 aromatic carbocycles. The first-order valence-corrected chi connectivity index (χ1v) is 12.4. The molecule has 2 aromatic heterocycles. The lowest BCUT2D eigenvalue weighted by Crippen LogP contribution is -2.27. The van der Waals surface area contributed by atoms with Crippen LogP contribution < -0.4 is 10.1 Å². The third kappa shape index (κ3) is 6.95. The first-order valence-electron chi connectivity index (χ1n) is 12.1. The van der Waals surface area contributed by atoms with Crippen LogP contribution in [0.4, 0.5) is 0 Å². The molecule has 0 saturated heterocycles. The molecule has 194 valence electrons. The summed E-state index contributed by atoms with van der Waals surface area (Å²) in [5, 5.41) is 3.25. The average molecular weight is 530 g/mol. The molecule has 7 nitrogen and oxygen atoms in total. The van der Waals surface area contributed by atoms with Crippen LogP contribution in [0.5, 0.6) is 11.6 Å². The third-order valence-electron chi connectivity index (χ3n) is 5.54. The normalized spacial score (nSPS) is 11.9. The van der Waals surface area contributed by atoms with E-state index in [4.69, 9.17) is 21.1 Å². The highest BCUT2D eigenvalue weighted by molar-refractivity contribution is 6.30. The Hall–Kier alpha value is -4.23. The molecule has 1 amide bonds. The molecular weight excluding hydrogens is 502 g/mol. The van der Waals surface area contributed by atoms with Crippen LogP contribution in [-0.2, 0) is 4.74 Å². The fourth-order valence-electron chi connectivity index (χ4n) is 3.64. The number of carbonyl (C=O) groups is 2. The van der Waals surface area contributed by atoms with Crippen LogP contribution in [0.15, 0.2) is 85.3 Å². The Balaban J connectivity index is 1.46. The number of nitrogens with zero attached hydrogens (tertiary/aromatic N) is 2. The quantitative estimate of drug-likeness (QED) is 0.258. The molecule has 0 fully saturated rings. The van der Waals surface area contributed by atoms with Gasteiger partial charge >= 0.3 is 5.97 Å². The number of benzene rings is 2. The van der Waals surface area contributed by atoms with Crippen molar-refractivity contribution in [3.05, 3.63) is 107 Å². The summed E-state index contributed by atoms with van der Waals surface area (Å²) in [4.78, 5) is 33.8. The van der Waals surface area contributed by atoms with Crippen LogP contribution >= 0.6 is 11.6 Å². The van der Waals surface area contributed by atoms with E-state index in [9.17, 15) is 9.59 Å². The second-order valence-electron chi connectivity index (χ2n) is 9.69. The number of halogens is 1. The predicted octanol–water partition coefficient (Wildman–Crippen LogP) is 7.04. The summed E-state index contributed by atoms with van der Waals surface area (Å²) in [5.41, 5.74) is 2.91. The number of esters is 1. The van der Waals surface area contributed by atoms with Gasteiger partial charge in [0.15, 0.2) is 0 Å². The Kier molecular flexibility index (Phi) is 8.08. The molecule has 0 radical (unpaired) electrons. The highest BCUT2D eigenvalue weighted by atomic mass is 35.5. The topological polar surface area (TPSA) is 90.4 Å². The number of aromatic nitrogens is 2. The molecule has 0 saturated carbocycles. The number of ether oxygens (including phenoxy) is 2. The minimum Gasteiger partial charge on any atom is -0.456 e. The van der Waals surface area contributed by atoms with E-state index in [1.807, 2.05) is 64.1 Å². The number of carbonyl (C=O) groups excluding carboxylic acids is 2. The predicted molar refractivity (Wildman–Crippen MR) is 146 cm³/mol. The Morgan fingerprint density at radius 3 is 2.18 bits per heavy atom. The van der Waals surface area contributed by atoms with E-state index in [0.29, 0.717) is 16.3 Å². The highest BCUT2D eigenvalue weighted by Crippen LogP contribution is 2.28. The van der Waals surface area contributed by atoms with E-state index in [1.165, 1.54) is 12.3 Å². The SMILES string of the molecule is C[C@H](NC(=O)c1cc(Cl)cnc1Oc1ccc(-c2ccncc2)cc1)c1ccc(C(=O)OC(C)(C)C)cc1. The molecule has 4 rings (SSSR count). The van der Waals surface area contributed by atoms with Crippen LogP contribution in [0, 0.1) is 0 Å². The van der Waals surface area contributed by atoms with Crippen molar-refractivity contribution in [1.82, 2.24) is 15.3 Å². The zero-order chi connectivity index (χ0) is 27.3. The fourth-order valence-corrected chi connectivity index (χ4v) is 3.80. The molecule has 0 aliphatic carbocycles. The average Bonchev–Trinajstić information content (AvgIpc) is 2.89. The standard InChI is InChI=1S/C30H28ClN3O4/c1-19(20-5-7-23(8-6-20)29(36)38-30(2,3)4)34-27(35)26-17-24(31)18-33-28(26)37-25-11-9-21(10-12-25)22-13-15-32-16-14-22/h5-19H,1-4H3,(H,34,35)/t19-/m0/s1. The van der Waals surface area contributed by atoms with Crippen molar-refractivity contribution in [3.63, 3.8) is 0 Å². The molecule has 0 spiro atoms. The number of pyridine rings is 2. The summed E-state index contributed by atoms with van der Waals surface area (Å²) in [7, 11) is 0. The van der Waals surface area contributed by atoms with E-state index >= 15 is 0 Å². The van der Waals surface area contributed by atoms with Crippen LogP contribution in [0.3, 0.4) is 0 Å². The van der Waals surface area contributed by atoms with E-state index in [-0.39, 0.29) is 17.5 Å². The first kappa shape index (κ1) is 26.8. The smallest absolute Gasteiger partial charge is 0.338 e. The van der Waals surface area contributed by atoms with Gasteiger partial charge in [-0.2, -0.15) is 0 Å². The van der Waals surface area contributed by atoms with Crippen LogP contribution in [0.1, 0.15) is 60.0 Å². The lowest BCUT2D eigenvalue weighted by molar-refractivity contribution is 0.00693. The molecule has 8 heteroatoms. The van der Waals surface area contributed by atoms with E-state index in [0.717, 1.165) is 16.7 Å². The molecule has 0 unspecified atom stereocenters. The van der Waals surface area contributed by atoms with Crippen molar-refractivity contribution >= 4 is 23.5 Å². The maximum atomic E-state index is 13.2. The molecule has 0 aliphatic heterocycles. The second-order valence-corrected chi connectivity index (χ2v) is 10.1. The molecule has 2 heterocycles. The van der Waals surface area contributed by atoms with Gasteiger partial charge in [0.25, 0.3) is 5.91 Å². The third-order valence-corrected chi connectivity index (χ3v) is 5.74. The van der Waals surface area contributed by atoms with Crippen molar-refractivity contribution in [2.45, 2.75) is 39.3 Å². The van der Waals surface area contributed by atoms with Crippen molar-refractivity contribution in [2.75, 3.05) is 0 Å². The van der Waals surface area contributed by atoms with E-state index in [2.05, 4.69) is 15.3 Å².